The lowest BCUT2D eigenvalue weighted by Crippen LogP contribution is -2.30. The molecule has 6 heteroatoms. The summed E-state index contributed by atoms with van der Waals surface area (Å²) in [6, 6.07) is 0. The number of esters is 3. The summed E-state index contributed by atoms with van der Waals surface area (Å²) >= 11 is 0. The molecule has 0 unspecified atom stereocenters. The second-order valence-electron chi connectivity index (χ2n) is 19.2. The van der Waals surface area contributed by atoms with Gasteiger partial charge in [0, 0.05) is 19.3 Å². The SMILES string of the molecule is CCCCCCCC/C=C\CCCCCCCCCCCC(=O)OC[C@H](COC(=O)CCCCCCCCCCCCCC)OC(=O)CCCCCCC/C=C\CCCCCCCC. The highest BCUT2D eigenvalue weighted by molar-refractivity contribution is 5.71. The van der Waals surface area contributed by atoms with E-state index in [0.717, 1.165) is 64.2 Å². The van der Waals surface area contributed by atoms with Crippen LogP contribution in [-0.4, -0.2) is 37.2 Å². The Morgan fingerprint density at radius 1 is 0.297 bits per heavy atom. The summed E-state index contributed by atoms with van der Waals surface area (Å²) in [6.45, 7) is 6.66. The average molecular weight is 901 g/mol. The van der Waals surface area contributed by atoms with Gasteiger partial charge in [-0.15, -0.1) is 0 Å². The molecule has 0 amide bonds. The van der Waals surface area contributed by atoms with Crippen LogP contribution in [0.3, 0.4) is 0 Å². The number of carbonyl (C=O) groups excluding carboxylic acids is 3. The van der Waals surface area contributed by atoms with Crippen molar-refractivity contribution in [3.05, 3.63) is 24.3 Å². The first-order valence-electron chi connectivity index (χ1n) is 28.3. The lowest BCUT2D eigenvalue weighted by Gasteiger charge is -2.18. The molecule has 0 radical (unpaired) electrons. The van der Waals surface area contributed by atoms with Gasteiger partial charge in [0.2, 0.25) is 0 Å². The Hall–Kier alpha value is -2.11. The van der Waals surface area contributed by atoms with E-state index in [0.29, 0.717) is 19.3 Å². The molecule has 0 aliphatic heterocycles. The molecular weight excluding hydrogens is 793 g/mol. The Bertz CT molecular complexity index is 1040. The minimum Gasteiger partial charge on any atom is -0.462 e. The molecule has 0 heterocycles. The van der Waals surface area contributed by atoms with Gasteiger partial charge in [0.05, 0.1) is 0 Å². The molecular formula is C58H108O6. The van der Waals surface area contributed by atoms with Crippen LogP contribution in [0.25, 0.3) is 0 Å². The van der Waals surface area contributed by atoms with Crippen molar-refractivity contribution in [1.82, 2.24) is 0 Å². The van der Waals surface area contributed by atoms with Gasteiger partial charge < -0.3 is 14.2 Å². The van der Waals surface area contributed by atoms with Crippen molar-refractivity contribution in [2.75, 3.05) is 13.2 Å². The van der Waals surface area contributed by atoms with Crippen LogP contribution < -0.4 is 0 Å². The summed E-state index contributed by atoms with van der Waals surface area (Å²) in [6.07, 6.45) is 61.6. The summed E-state index contributed by atoms with van der Waals surface area (Å²) < 4.78 is 16.8. The van der Waals surface area contributed by atoms with Crippen LogP contribution in [0.15, 0.2) is 24.3 Å². The van der Waals surface area contributed by atoms with Gasteiger partial charge in [0.1, 0.15) is 13.2 Å². The summed E-state index contributed by atoms with van der Waals surface area (Å²) in [4.78, 5) is 38.1. The monoisotopic (exact) mass is 901 g/mol. The van der Waals surface area contributed by atoms with Crippen molar-refractivity contribution in [1.29, 1.82) is 0 Å². The lowest BCUT2D eigenvalue weighted by atomic mass is 10.0. The molecule has 0 aliphatic carbocycles. The van der Waals surface area contributed by atoms with E-state index in [1.54, 1.807) is 0 Å². The van der Waals surface area contributed by atoms with Crippen molar-refractivity contribution in [2.24, 2.45) is 0 Å². The summed E-state index contributed by atoms with van der Waals surface area (Å²) in [7, 11) is 0. The fraction of sp³-hybridized carbons (Fsp3) is 0.879. The highest BCUT2D eigenvalue weighted by Crippen LogP contribution is 2.16. The molecule has 0 aromatic carbocycles. The van der Waals surface area contributed by atoms with Gasteiger partial charge in [0.25, 0.3) is 0 Å². The van der Waals surface area contributed by atoms with E-state index >= 15 is 0 Å². The molecule has 376 valence electrons. The Morgan fingerprint density at radius 3 is 0.781 bits per heavy atom. The zero-order chi connectivity index (χ0) is 46.5. The fourth-order valence-electron chi connectivity index (χ4n) is 8.37. The molecule has 0 saturated carbocycles. The standard InChI is InChI=1S/C58H108O6/c1-4-7-10-13-16-19-22-25-27-28-29-30-32-33-36-39-42-45-48-51-57(60)63-54-55(53-62-56(59)50-47-44-41-38-35-24-21-18-15-12-9-6-3)64-58(61)52-49-46-43-40-37-34-31-26-23-20-17-14-11-8-5-2/h25-27,31,55H,4-24,28-30,32-54H2,1-3H3/b27-25-,31-26-/t55-/m0/s1. The van der Waals surface area contributed by atoms with Crippen molar-refractivity contribution < 1.29 is 28.6 Å². The molecule has 1 atom stereocenters. The Labute approximate surface area is 398 Å². The number of carbonyl (C=O) groups is 3. The van der Waals surface area contributed by atoms with Crippen LogP contribution in [0.2, 0.25) is 0 Å². The molecule has 0 spiro atoms. The Morgan fingerprint density at radius 2 is 0.516 bits per heavy atom. The van der Waals surface area contributed by atoms with Gasteiger partial charge in [-0.25, -0.2) is 0 Å². The van der Waals surface area contributed by atoms with Gasteiger partial charge in [-0.3, -0.25) is 14.4 Å². The number of unbranched alkanes of at least 4 members (excludes halogenated alkanes) is 37. The van der Waals surface area contributed by atoms with Crippen LogP contribution in [0, 0.1) is 0 Å². The first-order chi connectivity index (χ1) is 31.5. The molecule has 0 fully saturated rings. The molecule has 0 aromatic rings. The first-order valence-corrected chi connectivity index (χ1v) is 28.3. The van der Waals surface area contributed by atoms with Crippen molar-refractivity contribution >= 4 is 17.9 Å². The first kappa shape index (κ1) is 61.9. The highest BCUT2D eigenvalue weighted by Gasteiger charge is 2.19. The van der Waals surface area contributed by atoms with E-state index in [2.05, 4.69) is 45.1 Å². The number of allylic oxidation sites excluding steroid dienone is 4. The highest BCUT2D eigenvalue weighted by atomic mass is 16.6. The smallest absolute Gasteiger partial charge is 0.306 e. The van der Waals surface area contributed by atoms with Crippen LogP contribution in [-0.2, 0) is 28.6 Å². The van der Waals surface area contributed by atoms with Crippen LogP contribution >= 0.6 is 0 Å². The van der Waals surface area contributed by atoms with Crippen LogP contribution in [0.5, 0.6) is 0 Å². The Kier molecular flexibility index (Phi) is 51.7. The lowest BCUT2D eigenvalue weighted by molar-refractivity contribution is -0.167. The van der Waals surface area contributed by atoms with E-state index < -0.39 is 6.10 Å². The van der Waals surface area contributed by atoms with E-state index in [1.807, 2.05) is 0 Å². The van der Waals surface area contributed by atoms with E-state index in [-0.39, 0.29) is 31.1 Å². The second-order valence-corrected chi connectivity index (χ2v) is 19.2. The minimum atomic E-state index is -0.772. The number of hydrogen-bond donors (Lipinski definition) is 0. The third-order valence-electron chi connectivity index (χ3n) is 12.7. The number of hydrogen-bond acceptors (Lipinski definition) is 6. The van der Waals surface area contributed by atoms with Crippen molar-refractivity contribution in [2.45, 2.75) is 316 Å². The average Bonchev–Trinajstić information content (AvgIpc) is 3.29. The summed E-state index contributed by atoms with van der Waals surface area (Å²) in [5.41, 5.74) is 0. The summed E-state index contributed by atoms with van der Waals surface area (Å²) in [5, 5.41) is 0. The van der Waals surface area contributed by atoms with Crippen LogP contribution in [0.1, 0.15) is 310 Å². The summed E-state index contributed by atoms with van der Waals surface area (Å²) in [5.74, 6) is -0.864. The Balaban J connectivity index is 4.31. The maximum Gasteiger partial charge on any atom is 0.306 e. The predicted molar refractivity (Wildman–Crippen MR) is 275 cm³/mol. The molecule has 0 aromatic heterocycles. The van der Waals surface area contributed by atoms with E-state index in [9.17, 15) is 14.4 Å². The minimum absolute atomic E-state index is 0.0710. The molecule has 0 aliphatic rings. The zero-order valence-electron chi connectivity index (χ0n) is 43.1. The maximum absolute atomic E-state index is 12.8. The third-order valence-corrected chi connectivity index (χ3v) is 12.7. The zero-order valence-corrected chi connectivity index (χ0v) is 43.1. The van der Waals surface area contributed by atoms with E-state index in [1.165, 1.54) is 205 Å². The van der Waals surface area contributed by atoms with E-state index in [4.69, 9.17) is 14.2 Å². The number of ether oxygens (including phenoxy) is 3. The number of rotatable bonds is 52. The van der Waals surface area contributed by atoms with Gasteiger partial charge in [-0.1, -0.05) is 244 Å². The van der Waals surface area contributed by atoms with Gasteiger partial charge in [0.15, 0.2) is 6.10 Å². The topological polar surface area (TPSA) is 78.9 Å². The molecule has 0 rings (SSSR count). The third kappa shape index (κ3) is 50.9. The predicted octanol–water partition coefficient (Wildman–Crippen LogP) is 18.7. The van der Waals surface area contributed by atoms with Crippen LogP contribution in [0.4, 0.5) is 0 Å². The normalized spacial score (nSPS) is 12.1. The van der Waals surface area contributed by atoms with Crippen molar-refractivity contribution in [3.63, 3.8) is 0 Å². The van der Waals surface area contributed by atoms with Gasteiger partial charge in [-0.05, 0) is 70.6 Å². The molecule has 64 heavy (non-hydrogen) atoms. The van der Waals surface area contributed by atoms with Crippen molar-refractivity contribution in [3.8, 4) is 0 Å². The maximum atomic E-state index is 12.8. The second kappa shape index (κ2) is 53.5. The molecule has 0 N–H and O–H groups in total. The van der Waals surface area contributed by atoms with Gasteiger partial charge >= 0.3 is 17.9 Å². The molecule has 6 nitrogen and oxygen atoms in total. The fourth-order valence-corrected chi connectivity index (χ4v) is 8.37. The molecule has 0 bridgehead atoms. The largest absolute Gasteiger partial charge is 0.462 e. The quantitative estimate of drug-likeness (QED) is 0.0262. The van der Waals surface area contributed by atoms with Gasteiger partial charge in [-0.2, -0.15) is 0 Å². The molecule has 0 saturated heterocycles.